The van der Waals surface area contributed by atoms with Crippen molar-refractivity contribution >= 4 is 34.2 Å². The van der Waals surface area contributed by atoms with Crippen LogP contribution >= 0.6 is 11.6 Å². The number of hydrogen-bond acceptors (Lipinski definition) is 5. The lowest BCUT2D eigenvalue weighted by Gasteiger charge is -2.08. The Bertz CT molecular complexity index is 1310. The highest BCUT2D eigenvalue weighted by molar-refractivity contribution is 6.30. The third kappa shape index (κ3) is 3.11. The van der Waals surface area contributed by atoms with Crippen LogP contribution in [0, 0.1) is 24.0 Å². The number of nitro groups is 1. The topological polar surface area (TPSA) is 103 Å². The molecule has 0 bridgehead atoms. The van der Waals surface area contributed by atoms with E-state index in [2.05, 4.69) is 9.97 Å². The second-order valence-corrected chi connectivity index (χ2v) is 7.20. The van der Waals surface area contributed by atoms with Gasteiger partial charge in [-0.2, -0.15) is 0 Å². The van der Waals surface area contributed by atoms with Crippen LogP contribution in [0.15, 0.2) is 42.5 Å². The highest BCUT2D eigenvalue weighted by atomic mass is 35.5. The molecule has 0 radical (unpaired) electrons. The van der Waals surface area contributed by atoms with Gasteiger partial charge in [0, 0.05) is 34.2 Å². The molecule has 30 heavy (non-hydrogen) atoms. The lowest BCUT2D eigenvalue weighted by Crippen LogP contribution is -2.13. The molecule has 2 aromatic heterocycles. The lowest BCUT2D eigenvalue weighted by molar-refractivity contribution is -0.388. The van der Waals surface area contributed by atoms with Gasteiger partial charge in [-0.15, -0.1) is 0 Å². The average molecular weight is 425 g/mol. The number of carbonyl (C=O) groups is 1. The summed E-state index contributed by atoms with van der Waals surface area (Å²) in [7, 11) is 1.53. The molecular formula is C21H17ClN4O4. The third-order valence-electron chi connectivity index (χ3n) is 4.93. The number of halogens is 1. The SMILES string of the molecule is COc1ccc2c(c1)c(-c1nc(C)[nH]c1[N+](=O)[O-])c(C)n2C(=O)c1ccc(Cl)cc1. The van der Waals surface area contributed by atoms with E-state index in [9.17, 15) is 14.9 Å². The van der Waals surface area contributed by atoms with Crippen molar-refractivity contribution < 1.29 is 14.5 Å². The summed E-state index contributed by atoms with van der Waals surface area (Å²) in [5.74, 6) is 0.468. The molecule has 9 heteroatoms. The number of aromatic nitrogens is 3. The van der Waals surface area contributed by atoms with Gasteiger partial charge in [0.1, 0.15) is 5.75 Å². The molecule has 0 spiro atoms. The highest BCUT2D eigenvalue weighted by Crippen LogP contribution is 2.39. The summed E-state index contributed by atoms with van der Waals surface area (Å²) in [4.78, 5) is 31.5. The Labute approximate surface area is 176 Å². The number of H-pyrrole nitrogens is 1. The second-order valence-electron chi connectivity index (χ2n) is 6.77. The van der Waals surface area contributed by atoms with Gasteiger partial charge in [0.25, 0.3) is 5.91 Å². The van der Waals surface area contributed by atoms with Gasteiger partial charge in [-0.25, -0.2) is 9.97 Å². The van der Waals surface area contributed by atoms with Crippen molar-refractivity contribution in [2.75, 3.05) is 7.11 Å². The minimum Gasteiger partial charge on any atom is -0.497 e. The largest absolute Gasteiger partial charge is 0.497 e. The van der Waals surface area contributed by atoms with Gasteiger partial charge in [0.05, 0.1) is 12.6 Å². The maximum absolute atomic E-state index is 13.3. The first kappa shape index (κ1) is 19.7. The number of fused-ring (bicyclic) bond motifs is 1. The second kappa shape index (κ2) is 7.31. The predicted molar refractivity (Wildman–Crippen MR) is 113 cm³/mol. The first-order valence-corrected chi connectivity index (χ1v) is 9.40. The van der Waals surface area contributed by atoms with Gasteiger partial charge in [0.15, 0.2) is 11.5 Å². The fourth-order valence-corrected chi connectivity index (χ4v) is 3.72. The van der Waals surface area contributed by atoms with E-state index in [0.717, 1.165) is 0 Å². The summed E-state index contributed by atoms with van der Waals surface area (Å²) in [5, 5.41) is 12.7. The first-order valence-electron chi connectivity index (χ1n) is 9.02. The zero-order chi connectivity index (χ0) is 21.6. The minimum absolute atomic E-state index is 0.177. The zero-order valence-corrected chi connectivity index (χ0v) is 17.1. The Balaban J connectivity index is 2.04. The molecule has 0 saturated carbocycles. The molecule has 0 aliphatic heterocycles. The van der Waals surface area contributed by atoms with E-state index in [4.69, 9.17) is 16.3 Å². The molecule has 8 nitrogen and oxygen atoms in total. The Morgan fingerprint density at radius 1 is 1.20 bits per heavy atom. The Hall–Kier alpha value is -3.65. The minimum atomic E-state index is -0.515. The fourth-order valence-electron chi connectivity index (χ4n) is 3.59. The number of aromatic amines is 1. The van der Waals surface area contributed by atoms with Gasteiger partial charge >= 0.3 is 5.82 Å². The van der Waals surface area contributed by atoms with Gasteiger partial charge in [-0.1, -0.05) is 11.6 Å². The smallest absolute Gasteiger partial charge is 0.348 e. The molecule has 0 fully saturated rings. The molecule has 0 aliphatic carbocycles. The quantitative estimate of drug-likeness (QED) is 0.370. The summed E-state index contributed by atoms with van der Waals surface area (Å²) in [6, 6.07) is 11.8. The van der Waals surface area contributed by atoms with Crippen LogP contribution in [-0.2, 0) is 0 Å². The third-order valence-corrected chi connectivity index (χ3v) is 5.18. The van der Waals surface area contributed by atoms with Crippen molar-refractivity contribution in [3.8, 4) is 17.0 Å². The van der Waals surface area contributed by atoms with Gasteiger partial charge in [0.2, 0.25) is 0 Å². The molecule has 4 rings (SSSR count). The molecule has 152 valence electrons. The van der Waals surface area contributed by atoms with Crippen molar-refractivity contribution in [3.63, 3.8) is 0 Å². The van der Waals surface area contributed by atoms with E-state index in [0.29, 0.717) is 44.3 Å². The van der Waals surface area contributed by atoms with E-state index >= 15 is 0 Å². The summed E-state index contributed by atoms with van der Waals surface area (Å²) < 4.78 is 6.86. The number of ether oxygens (including phenoxy) is 1. The Morgan fingerprint density at radius 3 is 2.53 bits per heavy atom. The van der Waals surface area contributed by atoms with Crippen LogP contribution in [0.5, 0.6) is 5.75 Å². The maximum Gasteiger partial charge on any atom is 0.348 e. The van der Waals surface area contributed by atoms with Crippen molar-refractivity contribution in [3.05, 3.63) is 74.7 Å². The summed E-state index contributed by atoms with van der Waals surface area (Å²) >= 11 is 5.95. The number of benzene rings is 2. The number of methoxy groups -OCH3 is 1. The monoisotopic (exact) mass is 424 g/mol. The van der Waals surface area contributed by atoms with E-state index in [1.165, 1.54) is 11.7 Å². The standard InChI is InChI=1S/C21H17ClN4O4/c1-11-18(19-20(26(28)29)24-12(2)23-19)16-10-15(30-3)8-9-17(16)25(11)21(27)13-4-6-14(22)7-5-13/h4-10H,1-3H3,(H,23,24). The van der Waals surface area contributed by atoms with Crippen molar-refractivity contribution in [2.45, 2.75) is 13.8 Å². The molecule has 0 unspecified atom stereocenters. The molecule has 1 N–H and O–H groups in total. The number of imidazole rings is 1. The van der Waals surface area contributed by atoms with E-state index in [1.807, 2.05) is 0 Å². The summed E-state index contributed by atoms with van der Waals surface area (Å²) in [6.45, 7) is 3.38. The number of nitrogens with zero attached hydrogens (tertiary/aromatic N) is 3. The van der Waals surface area contributed by atoms with E-state index in [1.54, 1.807) is 56.3 Å². The van der Waals surface area contributed by atoms with Crippen molar-refractivity contribution in [1.29, 1.82) is 0 Å². The molecule has 2 heterocycles. The number of nitrogens with one attached hydrogen (secondary N) is 1. The van der Waals surface area contributed by atoms with Crippen LogP contribution in [0.25, 0.3) is 22.2 Å². The number of carbonyl (C=O) groups excluding carboxylic acids is 1. The van der Waals surface area contributed by atoms with Crippen molar-refractivity contribution in [2.24, 2.45) is 0 Å². The normalized spacial score (nSPS) is 11.1. The van der Waals surface area contributed by atoms with Gasteiger partial charge in [-0.05, 0) is 54.3 Å². The van der Waals surface area contributed by atoms with E-state index < -0.39 is 4.92 Å². The highest BCUT2D eigenvalue weighted by Gasteiger charge is 2.28. The summed E-state index contributed by atoms with van der Waals surface area (Å²) in [6.07, 6.45) is 0. The Kier molecular flexibility index (Phi) is 4.79. The molecule has 0 aliphatic rings. The van der Waals surface area contributed by atoms with E-state index in [-0.39, 0.29) is 17.4 Å². The number of rotatable bonds is 4. The van der Waals surface area contributed by atoms with Crippen LogP contribution in [0.4, 0.5) is 5.82 Å². The van der Waals surface area contributed by atoms with Crippen LogP contribution < -0.4 is 4.74 Å². The molecule has 0 saturated heterocycles. The predicted octanol–water partition coefficient (Wildman–Crippen LogP) is 4.91. The first-order chi connectivity index (χ1) is 14.3. The molecule has 0 amide bonds. The lowest BCUT2D eigenvalue weighted by atomic mass is 10.1. The van der Waals surface area contributed by atoms with Crippen LogP contribution in [0.2, 0.25) is 5.02 Å². The van der Waals surface area contributed by atoms with Gasteiger partial charge < -0.3 is 14.9 Å². The van der Waals surface area contributed by atoms with Crippen LogP contribution in [0.3, 0.4) is 0 Å². The maximum atomic E-state index is 13.3. The van der Waals surface area contributed by atoms with Crippen LogP contribution in [-0.4, -0.2) is 32.5 Å². The number of aryl methyl sites for hydroxylation is 1. The summed E-state index contributed by atoms with van der Waals surface area (Å²) in [5.41, 5.74) is 2.25. The van der Waals surface area contributed by atoms with Crippen LogP contribution in [0.1, 0.15) is 21.9 Å². The Morgan fingerprint density at radius 2 is 1.90 bits per heavy atom. The zero-order valence-electron chi connectivity index (χ0n) is 16.4. The fraction of sp³-hybridized carbons (Fsp3) is 0.143. The van der Waals surface area contributed by atoms with Crippen molar-refractivity contribution in [1.82, 2.24) is 14.5 Å². The molecular weight excluding hydrogens is 408 g/mol. The van der Waals surface area contributed by atoms with Gasteiger partial charge in [-0.3, -0.25) is 9.36 Å². The molecule has 0 atom stereocenters. The molecule has 4 aromatic rings. The number of hydrogen-bond donors (Lipinski definition) is 1. The molecule has 2 aromatic carbocycles. The average Bonchev–Trinajstić information content (AvgIpc) is 3.24.